The summed E-state index contributed by atoms with van der Waals surface area (Å²) in [6.07, 6.45) is 0.306. The fourth-order valence-corrected chi connectivity index (χ4v) is 1.60. The summed E-state index contributed by atoms with van der Waals surface area (Å²) in [5, 5.41) is 19.3. The maximum absolute atomic E-state index is 11.1. The van der Waals surface area contributed by atoms with E-state index in [2.05, 4.69) is 0 Å². The van der Waals surface area contributed by atoms with Gasteiger partial charge in [-0.2, -0.15) is 0 Å². The molecule has 2 aromatic rings. The summed E-state index contributed by atoms with van der Waals surface area (Å²) in [7, 11) is 0. The molecule has 1 atom stereocenters. The summed E-state index contributed by atoms with van der Waals surface area (Å²) >= 11 is 0. The predicted octanol–water partition coefficient (Wildman–Crippen LogP) is 1.31. The Labute approximate surface area is 110 Å². The van der Waals surface area contributed by atoms with Gasteiger partial charge in [0, 0.05) is 23.9 Å². The van der Waals surface area contributed by atoms with Crippen LogP contribution in [0.25, 0.3) is 11.0 Å². The molecule has 0 bridgehead atoms. The Morgan fingerprint density at radius 1 is 1.32 bits per heavy atom. The number of hydrogen-bond donors (Lipinski definition) is 2. The molecule has 102 valence electrons. The average molecular weight is 264 g/mol. The monoisotopic (exact) mass is 264 g/mol. The van der Waals surface area contributed by atoms with Crippen LogP contribution in [-0.4, -0.2) is 29.0 Å². The molecular formula is C14H16O5. The molecule has 0 unspecified atom stereocenters. The standard InChI is InChI=1S/C14H16O5/c1-14(17,9-15)6-7-18-11-4-2-10-3-5-13(16)19-12(10)8-11/h2-5,8,15,17H,6-7,9H2,1H3/t14-/m0/s1. The fraction of sp³-hybridized carbons (Fsp3) is 0.357. The van der Waals surface area contributed by atoms with Gasteiger partial charge in [-0.25, -0.2) is 4.79 Å². The summed E-state index contributed by atoms with van der Waals surface area (Å²) < 4.78 is 10.5. The zero-order chi connectivity index (χ0) is 13.9. The van der Waals surface area contributed by atoms with Crippen molar-refractivity contribution in [3.8, 4) is 5.75 Å². The van der Waals surface area contributed by atoms with E-state index in [4.69, 9.17) is 14.3 Å². The molecule has 0 aliphatic heterocycles. The van der Waals surface area contributed by atoms with Gasteiger partial charge < -0.3 is 19.4 Å². The molecule has 0 saturated heterocycles. The maximum atomic E-state index is 11.1. The molecule has 19 heavy (non-hydrogen) atoms. The lowest BCUT2D eigenvalue weighted by molar-refractivity contribution is -0.0139. The molecule has 2 N–H and O–H groups in total. The van der Waals surface area contributed by atoms with Gasteiger partial charge >= 0.3 is 5.63 Å². The van der Waals surface area contributed by atoms with E-state index in [1.165, 1.54) is 13.0 Å². The highest BCUT2D eigenvalue weighted by atomic mass is 16.5. The van der Waals surface area contributed by atoms with Crippen LogP contribution in [0.15, 0.2) is 39.5 Å². The van der Waals surface area contributed by atoms with E-state index in [-0.39, 0.29) is 13.2 Å². The fourth-order valence-electron chi connectivity index (χ4n) is 1.60. The zero-order valence-corrected chi connectivity index (χ0v) is 10.6. The van der Waals surface area contributed by atoms with Gasteiger partial charge in [-0.1, -0.05) is 0 Å². The second-order valence-electron chi connectivity index (χ2n) is 4.71. The molecule has 0 radical (unpaired) electrons. The molecule has 0 fully saturated rings. The smallest absolute Gasteiger partial charge is 0.336 e. The van der Waals surface area contributed by atoms with Gasteiger partial charge in [-0.05, 0) is 25.1 Å². The number of hydrogen-bond acceptors (Lipinski definition) is 5. The van der Waals surface area contributed by atoms with Crippen LogP contribution in [0.4, 0.5) is 0 Å². The quantitative estimate of drug-likeness (QED) is 0.796. The second kappa shape index (κ2) is 5.42. The Kier molecular flexibility index (Phi) is 3.87. The van der Waals surface area contributed by atoms with Crippen LogP contribution in [0.5, 0.6) is 5.75 Å². The van der Waals surface area contributed by atoms with Crippen molar-refractivity contribution in [2.45, 2.75) is 18.9 Å². The van der Waals surface area contributed by atoms with Crippen molar-refractivity contribution in [1.29, 1.82) is 0 Å². The minimum Gasteiger partial charge on any atom is -0.493 e. The highest BCUT2D eigenvalue weighted by Crippen LogP contribution is 2.20. The van der Waals surface area contributed by atoms with Gasteiger partial charge in [0.25, 0.3) is 0 Å². The largest absolute Gasteiger partial charge is 0.493 e. The molecule has 2 rings (SSSR count). The summed E-state index contributed by atoms with van der Waals surface area (Å²) in [5.41, 5.74) is -1.10. The van der Waals surface area contributed by atoms with Crippen LogP contribution in [0.2, 0.25) is 0 Å². The van der Waals surface area contributed by atoms with Gasteiger partial charge in [0.05, 0.1) is 18.8 Å². The first kappa shape index (κ1) is 13.6. The first-order chi connectivity index (χ1) is 9.00. The second-order valence-corrected chi connectivity index (χ2v) is 4.71. The maximum Gasteiger partial charge on any atom is 0.336 e. The van der Waals surface area contributed by atoms with Crippen molar-refractivity contribution in [2.24, 2.45) is 0 Å². The molecule has 0 amide bonds. The normalized spacial score (nSPS) is 14.3. The Bertz CT molecular complexity index is 615. The van der Waals surface area contributed by atoms with Crippen molar-refractivity contribution in [2.75, 3.05) is 13.2 Å². The highest BCUT2D eigenvalue weighted by molar-refractivity contribution is 5.77. The van der Waals surface area contributed by atoms with Crippen LogP contribution < -0.4 is 10.4 Å². The van der Waals surface area contributed by atoms with E-state index in [1.807, 2.05) is 0 Å². The van der Waals surface area contributed by atoms with Gasteiger partial charge in [0.15, 0.2) is 0 Å². The number of fused-ring (bicyclic) bond motifs is 1. The summed E-state index contributed by atoms with van der Waals surface area (Å²) in [5.74, 6) is 0.551. The number of rotatable bonds is 5. The third-order valence-electron chi connectivity index (χ3n) is 2.84. The Morgan fingerprint density at radius 3 is 2.79 bits per heavy atom. The van der Waals surface area contributed by atoms with E-state index >= 15 is 0 Å². The lowest BCUT2D eigenvalue weighted by atomic mass is 10.1. The molecule has 1 heterocycles. The van der Waals surface area contributed by atoms with Crippen LogP contribution >= 0.6 is 0 Å². The molecule has 0 aliphatic carbocycles. The first-order valence-corrected chi connectivity index (χ1v) is 6.00. The topological polar surface area (TPSA) is 79.9 Å². The molecule has 5 nitrogen and oxygen atoms in total. The van der Waals surface area contributed by atoms with Crippen LogP contribution in [-0.2, 0) is 0 Å². The molecular weight excluding hydrogens is 248 g/mol. The molecule has 0 aliphatic rings. The van der Waals surface area contributed by atoms with Crippen molar-refractivity contribution in [3.05, 3.63) is 40.8 Å². The molecule has 5 heteroatoms. The van der Waals surface area contributed by atoms with E-state index in [1.54, 1.807) is 24.3 Å². The third-order valence-corrected chi connectivity index (χ3v) is 2.84. The van der Waals surface area contributed by atoms with E-state index in [9.17, 15) is 9.90 Å². The SMILES string of the molecule is C[C@@](O)(CO)CCOc1ccc2ccc(=O)oc2c1. The van der Waals surface area contributed by atoms with Crippen LogP contribution in [0.3, 0.4) is 0 Å². The molecule has 1 aromatic carbocycles. The van der Waals surface area contributed by atoms with Crippen molar-refractivity contribution in [3.63, 3.8) is 0 Å². The summed E-state index contributed by atoms with van der Waals surface area (Å²) in [6.45, 7) is 1.48. The van der Waals surface area contributed by atoms with E-state index < -0.39 is 11.2 Å². The number of aliphatic hydroxyl groups excluding tert-OH is 1. The Morgan fingerprint density at radius 2 is 2.05 bits per heavy atom. The van der Waals surface area contributed by atoms with Gasteiger partial charge in [-0.15, -0.1) is 0 Å². The predicted molar refractivity (Wildman–Crippen MR) is 70.3 cm³/mol. The zero-order valence-electron chi connectivity index (χ0n) is 10.6. The number of aliphatic hydroxyl groups is 2. The Balaban J connectivity index is 2.07. The van der Waals surface area contributed by atoms with Crippen LogP contribution in [0.1, 0.15) is 13.3 Å². The Hall–Kier alpha value is -1.85. The average Bonchev–Trinajstić information content (AvgIpc) is 2.38. The van der Waals surface area contributed by atoms with E-state index in [0.29, 0.717) is 17.8 Å². The molecule has 0 spiro atoms. The first-order valence-electron chi connectivity index (χ1n) is 6.00. The van der Waals surface area contributed by atoms with Crippen LogP contribution in [0, 0.1) is 0 Å². The lowest BCUT2D eigenvalue weighted by Crippen LogP contribution is -2.31. The molecule has 1 aromatic heterocycles. The van der Waals surface area contributed by atoms with Gasteiger partial charge in [-0.3, -0.25) is 0 Å². The highest BCUT2D eigenvalue weighted by Gasteiger charge is 2.18. The summed E-state index contributed by atoms with van der Waals surface area (Å²) in [4.78, 5) is 11.1. The third kappa shape index (κ3) is 3.56. The number of ether oxygens (including phenoxy) is 1. The lowest BCUT2D eigenvalue weighted by Gasteiger charge is -2.20. The van der Waals surface area contributed by atoms with E-state index in [0.717, 1.165) is 5.39 Å². The minimum absolute atomic E-state index is 0.260. The van der Waals surface area contributed by atoms with Gasteiger partial charge in [0.1, 0.15) is 11.3 Å². The molecule has 0 saturated carbocycles. The van der Waals surface area contributed by atoms with Gasteiger partial charge in [0.2, 0.25) is 0 Å². The van der Waals surface area contributed by atoms with Crippen molar-refractivity contribution < 1.29 is 19.4 Å². The number of benzene rings is 1. The summed E-state index contributed by atoms with van der Waals surface area (Å²) in [6, 6.07) is 8.22. The minimum atomic E-state index is -1.15. The van der Waals surface area contributed by atoms with Crippen molar-refractivity contribution in [1.82, 2.24) is 0 Å². The van der Waals surface area contributed by atoms with Crippen molar-refractivity contribution >= 4 is 11.0 Å².